The smallest absolute Gasteiger partial charge is 0.279 e. The van der Waals surface area contributed by atoms with Gasteiger partial charge in [0.15, 0.2) is 21.3 Å². The highest BCUT2D eigenvalue weighted by molar-refractivity contribution is 7.91. The molecule has 4 N–H and O–H groups in total. The second-order valence-corrected chi connectivity index (χ2v) is 8.76. The first-order valence-electron chi connectivity index (χ1n) is 9.08. The van der Waals surface area contributed by atoms with Crippen molar-refractivity contribution in [2.45, 2.75) is 11.8 Å². The third kappa shape index (κ3) is 3.72. The molecule has 0 spiro atoms. The number of aromatic amines is 1. The number of nitrogens with one attached hydrogen (secondary N) is 2. The van der Waals surface area contributed by atoms with Crippen molar-refractivity contribution in [2.24, 2.45) is 0 Å². The second kappa shape index (κ2) is 7.56. The maximum absolute atomic E-state index is 12.7. The molecule has 0 fully saturated rings. The van der Waals surface area contributed by atoms with Crippen LogP contribution in [-0.2, 0) is 9.84 Å². The van der Waals surface area contributed by atoms with Gasteiger partial charge in [-0.1, -0.05) is 19.1 Å². The first kappa shape index (κ1) is 19.5. The number of carbonyl (C=O) groups excluding carboxylic acids is 1. The Bertz CT molecular complexity index is 1350. The summed E-state index contributed by atoms with van der Waals surface area (Å²) in [5.41, 5.74) is 7.45. The minimum Gasteiger partial charge on any atom is -0.382 e. The number of H-pyrrole nitrogens is 1. The van der Waals surface area contributed by atoms with Gasteiger partial charge in [0.1, 0.15) is 11.5 Å². The number of aromatic nitrogens is 4. The Morgan fingerprint density at radius 3 is 2.60 bits per heavy atom. The van der Waals surface area contributed by atoms with Crippen molar-refractivity contribution in [3.63, 3.8) is 0 Å². The number of anilines is 2. The zero-order chi connectivity index (χ0) is 21.3. The lowest BCUT2D eigenvalue weighted by Gasteiger charge is -2.09. The molecular formula is C20H18N6O3S. The SMILES string of the molecule is CCS(=O)(=O)c1ccc(-c2cnc(N)c(C(=O)Nc3ccc4cc[nH]c4n3)n2)cc1. The number of benzene rings is 1. The van der Waals surface area contributed by atoms with Crippen LogP contribution in [-0.4, -0.2) is 40.0 Å². The Kier molecular flexibility index (Phi) is 4.92. The van der Waals surface area contributed by atoms with Crippen molar-refractivity contribution in [1.82, 2.24) is 19.9 Å². The summed E-state index contributed by atoms with van der Waals surface area (Å²) in [7, 11) is -3.30. The van der Waals surface area contributed by atoms with E-state index >= 15 is 0 Å². The highest BCUT2D eigenvalue weighted by Gasteiger charge is 2.17. The first-order valence-corrected chi connectivity index (χ1v) is 10.7. The van der Waals surface area contributed by atoms with Crippen LogP contribution in [0.3, 0.4) is 0 Å². The molecule has 0 bridgehead atoms. The van der Waals surface area contributed by atoms with E-state index in [1.807, 2.05) is 12.1 Å². The first-order chi connectivity index (χ1) is 14.4. The predicted molar refractivity (Wildman–Crippen MR) is 114 cm³/mol. The predicted octanol–water partition coefficient (Wildman–Crippen LogP) is 2.65. The average molecular weight is 422 g/mol. The standard InChI is InChI=1S/C20H18N6O3S/c1-2-30(28,29)14-6-3-12(4-7-14)15-11-23-18(21)17(24-15)20(27)26-16-8-5-13-9-10-22-19(13)25-16/h3-11H,2H2,1H3,(H2,21,23)(H2,22,25,26,27). The molecule has 3 heterocycles. The normalized spacial score (nSPS) is 11.5. The van der Waals surface area contributed by atoms with E-state index in [1.54, 1.807) is 31.3 Å². The maximum Gasteiger partial charge on any atom is 0.279 e. The van der Waals surface area contributed by atoms with Crippen LogP contribution in [0, 0.1) is 0 Å². The summed E-state index contributed by atoms with van der Waals surface area (Å²) in [6.45, 7) is 1.59. The van der Waals surface area contributed by atoms with Crippen LogP contribution in [0.5, 0.6) is 0 Å². The molecule has 1 aromatic carbocycles. The van der Waals surface area contributed by atoms with Crippen LogP contribution in [0.15, 0.2) is 59.8 Å². The van der Waals surface area contributed by atoms with Crippen molar-refractivity contribution in [3.05, 3.63) is 60.6 Å². The van der Waals surface area contributed by atoms with E-state index in [0.29, 0.717) is 22.7 Å². The number of sulfone groups is 1. The van der Waals surface area contributed by atoms with Crippen LogP contribution in [0.2, 0.25) is 0 Å². The fourth-order valence-electron chi connectivity index (χ4n) is 2.88. The van der Waals surface area contributed by atoms with Gasteiger partial charge in [0.05, 0.1) is 22.5 Å². The van der Waals surface area contributed by atoms with E-state index in [1.165, 1.54) is 18.3 Å². The molecule has 1 amide bonds. The van der Waals surface area contributed by atoms with Gasteiger partial charge in [-0.25, -0.2) is 23.4 Å². The molecule has 0 saturated carbocycles. The van der Waals surface area contributed by atoms with Crippen LogP contribution < -0.4 is 11.1 Å². The Balaban J connectivity index is 1.61. The Labute approximate surface area is 172 Å². The molecule has 3 aromatic heterocycles. The van der Waals surface area contributed by atoms with E-state index < -0.39 is 15.7 Å². The molecule has 4 rings (SSSR count). The van der Waals surface area contributed by atoms with Gasteiger partial charge in [0.25, 0.3) is 5.91 Å². The lowest BCUT2D eigenvalue weighted by Crippen LogP contribution is -2.18. The van der Waals surface area contributed by atoms with Gasteiger partial charge in [0.2, 0.25) is 0 Å². The summed E-state index contributed by atoms with van der Waals surface area (Å²) in [6, 6.07) is 11.6. The van der Waals surface area contributed by atoms with E-state index in [-0.39, 0.29) is 22.2 Å². The number of hydrogen-bond donors (Lipinski definition) is 3. The third-order valence-corrected chi connectivity index (χ3v) is 6.31. The number of amides is 1. The molecule has 9 nitrogen and oxygen atoms in total. The van der Waals surface area contributed by atoms with Crippen molar-refractivity contribution in [3.8, 4) is 11.3 Å². The molecule has 0 radical (unpaired) electrons. The quantitative estimate of drug-likeness (QED) is 0.448. The maximum atomic E-state index is 12.7. The zero-order valence-corrected chi connectivity index (χ0v) is 16.8. The van der Waals surface area contributed by atoms with E-state index in [9.17, 15) is 13.2 Å². The van der Waals surface area contributed by atoms with Crippen molar-refractivity contribution < 1.29 is 13.2 Å². The number of hydrogen-bond acceptors (Lipinski definition) is 7. The van der Waals surface area contributed by atoms with Crippen molar-refractivity contribution >= 4 is 38.4 Å². The number of nitrogen functional groups attached to an aromatic ring is 1. The minimum atomic E-state index is -3.30. The third-order valence-electron chi connectivity index (χ3n) is 4.56. The summed E-state index contributed by atoms with van der Waals surface area (Å²) in [6.07, 6.45) is 3.19. The molecule has 30 heavy (non-hydrogen) atoms. The fourth-order valence-corrected chi connectivity index (χ4v) is 3.76. The lowest BCUT2D eigenvalue weighted by atomic mass is 10.1. The summed E-state index contributed by atoms with van der Waals surface area (Å²) in [4.78, 5) is 28.6. The van der Waals surface area contributed by atoms with Crippen LogP contribution in [0.25, 0.3) is 22.3 Å². The number of carbonyl (C=O) groups is 1. The van der Waals surface area contributed by atoms with Crippen LogP contribution >= 0.6 is 0 Å². The number of fused-ring (bicyclic) bond motifs is 1. The molecule has 152 valence electrons. The van der Waals surface area contributed by atoms with Crippen molar-refractivity contribution in [2.75, 3.05) is 16.8 Å². The zero-order valence-electron chi connectivity index (χ0n) is 16.0. The molecule has 0 aliphatic heterocycles. The van der Waals surface area contributed by atoms with Gasteiger partial charge in [0, 0.05) is 17.1 Å². The molecular weight excluding hydrogens is 404 g/mol. The second-order valence-electron chi connectivity index (χ2n) is 6.48. The van der Waals surface area contributed by atoms with Gasteiger partial charge in [-0.15, -0.1) is 0 Å². The van der Waals surface area contributed by atoms with Crippen LogP contribution in [0.4, 0.5) is 11.6 Å². The highest BCUT2D eigenvalue weighted by Crippen LogP contribution is 2.22. The molecule has 0 aliphatic rings. The Morgan fingerprint density at radius 2 is 1.87 bits per heavy atom. The number of pyridine rings is 1. The minimum absolute atomic E-state index is 0.0145. The summed E-state index contributed by atoms with van der Waals surface area (Å²) in [5.74, 6) is -0.218. The van der Waals surface area contributed by atoms with Gasteiger partial charge in [-0.2, -0.15) is 0 Å². The molecule has 0 atom stereocenters. The van der Waals surface area contributed by atoms with Gasteiger partial charge >= 0.3 is 0 Å². The van der Waals surface area contributed by atoms with Gasteiger partial charge in [-0.3, -0.25) is 4.79 Å². The van der Waals surface area contributed by atoms with E-state index in [4.69, 9.17) is 5.73 Å². The van der Waals surface area contributed by atoms with Crippen molar-refractivity contribution in [1.29, 1.82) is 0 Å². The van der Waals surface area contributed by atoms with E-state index in [2.05, 4.69) is 25.3 Å². The topological polar surface area (TPSA) is 144 Å². The molecule has 0 unspecified atom stereocenters. The molecule has 0 aliphatic carbocycles. The summed E-state index contributed by atoms with van der Waals surface area (Å²) in [5, 5.41) is 3.58. The fraction of sp³-hybridized carbons (Fsp3) is 0.100. The van der Waals surface area contributed by atoms with Gasteiger partial charge in [-0.05, 0) is 30.3 Å². The number of rotatable bonds is 5. The molecule has 4 aromatic rings. The largest absolute Gasteiger partial charge is 0.382 e. The Morgan fingerprint density at radius 1 is 1.10 bits per heavy atom. The molecule has 0 saturated heterocycles. The number of nitrogens with two attached hydrogens (primary N) is 1. The summed E-state index contributed by atoms with van der Waals surface area (Å²) >= 11 is 0. The lowest BCUT2D eigenvalue weighted by molar-refractivity contribution is 0.102. The van der Waals surface area contributed by atoms with E-state index in [0.717, 1.165) is 5.39 Å². The number of nitrogens with zero attached hydrogens (tertiary/aromatic N) is 3. The average Bonchev–Trinajstić information content (AvgIpc) is 3.22. The Hall–Kier alpha value is -3.79. The summed E-state index contributed by atoms with van der Waals surface area (Å²) < 4.78 is 23.9. The molecule has 10 heteroatoms. The highest BCUT2D eigenvalue weighted by atomic mass is 32.2. The van der Waals surface area contributed by atoms with Gasteiger partial charge < -0.3 is 16.0 Å². The van der Waals surface area contributed by atoms with Crippen LogP contribution in [0.1, 0.15) is 17.4 Å². The monoisotopic (exact) mass is 422 g/mol.